The fourth-order valence-corrected chi connectivity index (χ4v) is 1.81. The van der Waals surface area contributed by atoms with Crippen LogP contribution >= 0.6 is 0 Å². The highest BCUT2D eigenvalue weighted by molar-refractivity contribution is 5.92. The Morgan fingerprint density at radius 2 is 2.29 bits per heavy atom. The molecule has 3 rings (SSSR count). The first kappa shape index (κ1) is 7.70. The maximum atomic E-state index is 5.64. The van der Waals surface area contributed by atoms with Crippen LogP contribution in [0.4, 0.5) is 0 Å². The standard InChI is InChI=1S/C10H10N2O2/c11-3-6-4-12-7-1-2-8-10(9(6)7)14-5-13-8/h1-2,4,12H,3,5,11H2. The number of rotatable bonds is 1. The zero-order valence-corrected chi connectivity index (χ0v) is 7.54. The van der Waals surface area contributed by atoms with E-state index in [1.165, 1.54) is 0 Å². The fraction of sp³-hybridized carbons (Fsp3) is 0.200. The molecule has 4 nitrogen and oxygen atoms in total. The van der Waals surface area contributed by atoms with Crippen LogP contribution in [0.25, 0.3) is 10.9 Å². The molecule has 0 saturated heterocycles. The number of aromatic amines is 1. The molecule has 0 bridgehead atoms. The molecule has 2 heterocycles. The summed E-state index contributed by atoms with van der Waals surface area (Å²) < 4.78 is 10.7. The fourth-order valence-electron chi connectivity index (χ4n) is 1.81. The van der Waals surface area contributed by atoms with E-state index in [1.54, 1.807) is 0 Å². The van der Waals surface area contributed by atoms with Crippen molar-refractivity contribution in [3.8, 4) is 11.5 Å². The molecule has 72 valence electrons. The van der Waals surface area contributed by atoms with Gasteiger partial charge >= 0.3 is 0 Å². The Morgan fingerprint density at radius 1 is 1.36 bits per heavy atom. The predicted octanol–water partition coefficient (Wildman–Crippen LogP) is 1.36. The summed E-state index contributed by atoms with van der Waals surface area (Å²) in [7, 11) is 0. The summed E-state index contributed by atoms with van der Waals surface area (Å²) in [5.41, 5.74) is 7.73. The number of nitrogens with one attached hydrogen (secondary N) is 1. The Hall–Kier alpha value is -1.68. The van der Waals surface area contributed by atoms with Gasteiger partial charge in [-0.15, -0.1) is 0 Å². The Balaban J connectivity index is 2.39. The van der Waals surface area contributed by atoms with Crippen molar-refractivity contribution in [2.45, 2.75) is 6.54 Å². The molecule has 1 aliphatic rings. The molecule has 0 unspecified atom stereocenters. The van der Waals surface area contributed by atoms with Crippen molar-refractivity contribution in [1.29, 1.82) is 0 Å². The third-order valence-corrected chi connectivity index (χ3v) is 2.48. The van der Waals surface area contributed by atoms with E-state index in [1.807, 2.05) is 18.3 Å². The molecule has 3 N–H and O–H groups in total. The van der Waals surface area contributed by atoms with Crippen LogP contribution in [0.5, 0.6) is 11.5 Å². The van der Waals surface area contributed by atoms with E-state index in [4.69, 9.17) is 15.2 Å². The van der Waals surface area contributed by atoms with Crippen molar-refractivity contribution in [2.75, 3.05) is 6.79 Å². The lowest BCUT2D eigenvalue weighted by atomic mass is 10.1. The van der Waals surface area contributed by atoms with Gasteiger partial charge in [0.2, 0.25) is 6.79 Å². The zero-order chi connectivity index (χ0) is 9.54. The molecule has 14 heavy (non-hydrogen) atoms. The minimum atomic E-state index is 0.295. The van der Waals surface area contributed by atoms with E-state index in [0.717, 1.165) is 28.0 Å². The minimum Gasteiger partial charge on any atom is -0.454 e. The van der Waals surface area contributed by atoms with Crippen LogP contribution in [0.1, 0.15) is 5.56 Å². The van der Waals surface area contributed by atoms with Gasteiger partial charge in [0.25, 0.3) is 0 Å². The van der Waals surface area contributed by atoms with Crippen molar-refractivity contribution in [3.63, 3.8) is 0 Å². The van der Waals surface area contributed by atoms with E-state index in [2.05, 4.69) is 4.98 Å². The highest BCUT2D eigenvalue weighted by atomic mass is 16.7. The molecule has 1 aromatic heterocycles. The van der Waals surface area contributed by atoms with Gasteiger partial charge in [-0.1, -0.05) is 0 Å². The van der Waals surface area contributed by atoms with Gasteiger partial charge in [-0.3, -0.25) is 0 Å². The molecule has 0 saturated carbocycles. The van der Waals surface area contributed by atoms with Crippen LogP contribution < -0.4 is 15.2 Å². The second kappa shape index (κ2) is 2.65. The molecule has 0 atom stereocenters. The largest absolute Gasteiger partial charge is 0.454 e. The monoisotopic (exact) mass is 190 g/mol. The second-order valence-corrected chi connectivity index (χ2v) is 3.24. The van der Waals surface area contributed by atoms with Crippen molar-refractivity contribution in [1.82, 2.24) is 4.98 Å². The van der Waals surface area contributed by atoms with E-state index in [-0.39, 0.29) is 0 Å². The molecular formula is C10H10N2O2. The molecule has 1 aliphatic heterocycles. The highest BCUT2D eigenvalue weighted by Crippen LogP contribution is 2.40. The van der Waals surface area contributed by atoms with Crippen LogP contribution in [0.15, 0.2) is 18.3 Å². The topological polar surface area (TPSA) is 60.3 Å². The van der Waals surface area contributed by atoms with Gasteiger partial charge in [0.15, 0.2) is 11.5 Å². The third kappa shape index (κ3) is 0.858. The Morgan fingerprint density at radius 3 is 3.14 bits per heavy atom. The first-order chi connectivity index (χ1) is 6.90. The Kier molecular flexibility index (Phi) is 1.46. The average Bonchev–Trinajstić information content (AvgIpc) is 2.82. The normalized spacial score (nSPS) is 13.8. The number of aromatic nitrogens is 1. The lowest BCUT2D eigenvalue weighted by molar-refractivity contribution is 0.175. The summed E-state index contributed by atoms with van der Waals surface area (Å²) in [6.45, 7) is 0.795. The maximum absolute atomic E-state index is 5.64. The van der Waals surface area contributed by atoms with E-state index in [0.29, 0.717) is 13.3 Å². The average molecular weight is 190 g/mol. The van der Waals surface area contributed by atoms with Gasteiger partial charge in [0.05, 0.1) is 5.39 Å². The summed E-state index contributed by atoms with van der Waals surface area (Å²) in [5.74, 6) is 1.61. The SMILES string of the molecule is NCc1c[nH]c2ccc3c(c12)OCO3. The quantitative estimate of drug-likeness (QED) is 0.713. The molecule has 1 aromatic carbocycles. The number of H-pyrrole nitrogens is 1. The number of hydrogen-bond acceptors (Lipinski definition) is 3. The van der Waals surface area contributed by atoms with Crippen LogP contribution in [-0.2, 0) is 6.54 Å². The number of ether oxygens (including phenoxy) is 2. The van der Waals surface area contributed by atoms with E-state index >= 15 is 0 Å². The molecule has 0 spiro atoms. The number of fused-ring (bicyclic) bond motifs is 3. The molecule has 0 fully saturated rings. The maximum Gasteiger partial charge on any atom is 0.231 e. The van der Waals surface area contributed by atoms with Crippen LogP contribution in [-0.4, -0.2) is 11.8 Å². The molecule has 0 aliphatic carbocycles. The Labute approximate surface area is 80.6 Å². The predicted molar refractivity (Wildman–Crippen MR) is 52.3 cm³/mol. The number of benzene rings is 1. The zero-order valence-electron chi connectivity index (χ0n) is 7.54. The lowest BCUT2D eigenvalue weighted by Crippen LogP contribution is -1.96. The second-order valence-electron chi connectivity index (χ2n) is 3.24. The first-order valence-corrected chi connectivity index (χ1v) is 4.49. The van der Waals surface area contributed by atoms with Crippen LogP contribution in [0.2, 0.25) is 0 Å². The highest BCUT2D eigenvalue weighted by Gasteiger charge is 2.19. The summed E-state index contributed by atoms with van der Waals surface area (Å²) in [6.07, 6.45) is 1.91. The molecule has 0 radical (unpaired) electrons. The van der Waals surface area contributed by atoms with Gasteiger partial charge in [-0.05, 0) is 17.7 Å². The minimum absolute atomic E-state index is 0.295. The molecule has 2 aromatic rings. The van der Waals surface area contributed by atoms with Crippen molar-refractivity contribution >= 4 is 10.9 Å². The van der Waals surface area contributed by atoms with Crippen molar-refractivity contribution < 1.29 is 9.47 Å². The summed E-state index contributed by atoms with van der Waals surface area (Å²) in [4.78, 5) is 3.15. The van der Waals surface area contributed by atoms with E-state index < -0.39 is 0 Å². The van der Waals surface area contributed by atoms with E-state index in [9.17, 15) is 0 Å². The molecule has 4 heteroatoms. The summed E-state index contributed by atoms with van der Waals surface area (Å²) >= 11 is 0. The van der Waals surface area contributed by atoms with Gasteiger partial charge in [-0.2, -0.15) is 0 Å². The van der Waals surface area contributed by atoms with Crippen LogP contribution in [0.3, 0.4) is 0 Å². The van der Waals surface area contributed by atoms with Crippen LogP contribution in [0, 0.1) is 0 Å². The van der Waals surface area contributed by atoms with Gasteiger partial charge < -0.3 is 20.2 Å². The first-order valence-electron chi connectivity index (χ1n) is 4.49. The van der Waals surface area contributed by atoms with Gasteiger partial charge in [-0.25, -0.2) is 0 Å². The smallest absolute Gasteiger partial charge is 0.231 e. The Bertz CT molecular complexity index is 490. The summed E-state index contributed by atoms with van der Waals surface area (Å²) in [5, 5.41) is 1.04. The third-order valence-electron chi connectivity index (χ3n) is 2.48. The van der Waals surface area contributed by atoms with Crippen molar-refractivity contribution in [2.24, 2.45) is 5.73 Å². The number of nitrogens with two attached hydrogens (primary N) is 1. The summed E-state index contributed by atoms with van der Waals surface area (Å²) in [6, 6.07) is 3.88. The van der Waals surface area contributed by atoms with Gasteiger partial charge in [0.1, 0.15) is 0 Å². The van der Waals surface area contributed by atoms with Crippen molar-refractivity contribution in [3.05, 3.63) is 23.9 Å². The molecule has 0 amide bonds. The van der Waals surface area contributed by atoms with Gasteiger partial charge in [0, 0.05) is 18.3 Å². The molecular weight excluding hydrogens is 180 g/mol. The lowest BCUT2D eigenvalue weighted by Gasteiger charge is -1.99. The number of hydrogen-bond donors (Lipinski definition) is 2.